The Hall–Kier alpha value is -3.04. The Morgan fingerprint density at radius 1 is 1.00 bits per heavy atom. The molecule has 0 aliphatic rings. The van der Waals surface area contributed by atoms with Crippen LogP contribution in [-0.2, 0) is 21.0 Å². The van der Waals surface area contributed by atoms with Gasteiger partial charge < -0.3 is 5.32 Å². The highest BCUT2D eigenvalue weighted by molar-refractivity contribution is 7.92. The minimum absolute atomic E-state index is 0.0585. The third-order valence-corrected chi connectivity index (χ3v) is 6.49. The lowest BCUT2D eigenvalue weighted by atomic mass is 10.1. The van der Waals surface area contributed by atoms with Gasteiger partial charge in [-0.15, -0.1) is 0 Å². The molecule has 32 heavy (non-hydrogen) atoms. The second-order valence-electron chi connectivity index (χ2n) is 6.90. The molecule has 168 valence electrons. The molecule has 3 aromatic carbocycles. The fourth-order valence-corrected chi connectivity index (χ4v) is 4.60. The zero-order valence-corrected chi connectivity index (χ0v) is 18.3. The molecule has 0 aliphatic carbocycles. The monoisotopic (exact) mass is 482 g/mol. The van der Waals surface area contributed by atoms with Gasteiger partial charge in [-0.3, -0.25) is 9.10 Å². The number of aryl methyl sites for hydroxylation is 1. The molecule has 3 aromatic rings. The van der Waals surface area contributed by atoms with Gasteiger partial charge in [-0.05, 0) is 55.0 Å². The molecule has 1 amide bonds. The summed E-state index contributed by atoms with van der Waals surface area (Å²) in [5.41, 5.74) is -0.705. The molecule has 0 fully saturated rings. The van der Waals surface area contributed by atoms with E-state index in [0.717, 1.165) is 15.9 Å². The second kappa shape index (κ2) is 9.22. The summed E-state index contributed by atoms with van der Waals surface area (Å²) in [6.07, 6.45) is -4.76. The van der Waals surface area contributed by atoms with Crippen LogP contribution in [0.15, 0.2) is 77.7 Å². The first kappa shape index (κ1) is 23.6. The molecule has 0 aromatic heterocycles. The topological polar surface area (TPSA) is 66.5 Å². The number of carbonyl (C=O) groups is 1. The van der Waals surface area contributed by atoms with E-state index >= 15 is 0 Å². The average molecular weight is 483 g/mol. The van der Waals surface area contributed by atoms with Crippen LogP contribution in [0.1, 0.15) is 11.1 Å². The van der Waals surface area contributed by atoms with Crippen molar-refractivity contribution in [1.82, 2.24) is 0 Å². The Labute approximate surface area is 188 Å². The first-order valence-electron chi connectivity index (χ1n) is 9.29. The van der Waals surface area contributed by atoms with E-state index in [1.54, 1.807) is 31.2 Å². The lowest BCUT2D eigenvalue weighted by Gasteiger charge is -2.25. The van der Waals surface area contributed by atoms with Gasteiger partial charge in [0.05, 0.1) is 21.8 Å². The van der Waals surface area contributed by atoms with Gasteiger partial charge in [-0.1, -0.05) is 41.9 Å². The van der Waals surface area contributed by atoms with E-state index < -0.39 is 39.9 Å². The SMILES string of the molecule is Cc1cccc(N(CC(=O)Nc2ccc(Cl)cc2C(F)(F)F)S(=O)(=O)c2ccccc2)c1. The molecule has 1 N–H and O–H groups in total. The molecule has 0 unspecified atom stereocenters. The van der Waals surface area contributed by atoms with Crippen molar-refractivity contribution in [3.05, 3.63) is 88.9 Å². The Morgan fingerprint density at radius 3 is 2.31 bits per heavy atom. The summed E-state index contributed by atoms with van der Waals surface area (Å²) in [6, 6.07) is 16.8. The van der Waals surface area contributed by atoms with Crippen LogP contribution in [0.2, 0.25) is 5.02 Å². The zero-order chi connectivity index (χ0) is 23.5. The Kier molecular flexibility index (Phi) is 6.80. The van der Waals surface area contributed by atoms with Gasteiger partial charge in [-0.2, -0.15) is 13.2 Å². The smallest absolute Gasteiger partial charge is 0.324 e. The summed E-state index contributed by atoms with van der Waals surface area (Å²) in [5, 5.41) is 2.01. The quantitative estimate of drug-likeness (QED) is 0.504. The molecule has 10 heteroatoms. The number of anilines is 2. The molecule has 0 saturated carbocycles. The molecule has 0 bridgehead atoms. The van der Waals surface area contributed by atoms with Crippen molar-refractivity contribution in [3.63, 3.8) is 0 Å². The third kappa shape index (κ3) is 5.41. The van der Waals surface area contributed by atoms with E-state index in [9.17, 15) is 26.4 Å². The van der Waals surface area contributed by atoms with Gasteiger partial charge in [0.2, 0.25) is 5.91 Å². The van der Waals surface area contributed by atoms with Crippen molar-refractivity contribution in [1.29, 1.82) is 0 Å². The maximum absolute atomic E-state index is 13.3. The first-order valence-corrected chi connectivity index (χ1v) is 11.1. The lowest BCUT2D eigenvalue weighted by Crippen LogP contribution is -2.38. The van der Waals surface area contributed by atoms with Crippen LogP contribution in [-0.4, -0.2) is 20.9 Å². The van der Waals surface area contributed by atoms with E-state index in [1.807, 2.05) is 0 Å². The number of carbonyl (C=O) groups excluding carboxylic acids is 1. The molecular weight excluding hydrogens is 465 g/mol. The Morgan fingerprint density at radius 2 is 1.69 bits per heavy atom. The van der Waals surface area contributed by atoms with Crippen LogP contribution in [0.4, 0.5) is 24.5 Å². The molecule has 0 aliphatic heterocycles. The lowest BCUT2D eigenvalue weighted by molar-refractivity contribution is -0.137. The highest BCUT2D eigenvalue weighted by Gasteiger charge is 2.35. The number of rotatable bonds is 6. The standard InChI is InChI=1S/C22H18ClF3N2O3S/c1-15-6-5-7-17(12-15)28(32(30,31)18-8-3-2-4-9-18)14-21(29)27-20-11-10-16(23)13-19(20)22(24,25)26/h2-13H,14H2,1H3,(H,27,29). The number of sulfonamides is 1. The number of benzene rings is 3. The minimum atomic E-state index is -4.76. The first-order chi connectivity index (χ1) is 15.0. The number of halogens is 4. The van der Waals surface area contributed by atoms with E-state index in [4.69, 9.17) is 11.6 Å². The highest BCUT2D eigenvalue weighted by atomic mass is 35.5. The zero-order valence-electron chi connectivity index (χ0n) is 16.7. The number of amides is 1. The van der Waals surface area contributed by atoms with Crippen LogP contribution in [0.25, 0.3) is 0 Å². The third-order valence-electron chi connectivity index (χ3n) is 4.47. The van der Waals surface area contributed by atoms with Crippen LogP contribution in [0.5, 0.6) is 0 Å². The van der Waals surface area contributed by atoms with Gasteiger partial charge in [0.15, 0.2) is 0 Å². The number of alkyl halides is 3. The number of hydrogen-bond donors (Lipinski definition) is 1. The minimum Gasteiger partial charge on any atom is -0.324 e. The van der Waals surface area contributed by atoms with E-state index in [2.05, 4.69) is 5.32 Å². The Balaban J connectivity index is 1.97. The summed E-state index contributed by atoms with van der Waals surface area (Å²) >= 11 is 5.67. The van der Waals surface area contributed by atoms with E-state index in [-0.39, 0.29) is 15.6 Å². The summed E-state index contributed by atoms with van der Waals surface area (Å²) in [4.78, 5) is 12.6. The van der Waals surface area contributed by atoms with Crippen LogP contribution >= 0.6 is 11.6 Å². The summed E-state index contributed by atoms with van der Waals surface area (Å²) in [6.45, 7) is 1.01. The predicted octanol–water partition coefficient (Wildman–Crippen LogP) is 5.50. The van der Waals surface area contributed by atoms with Gasteiger partial charge in [-0.25, -0.2) is 8.42 Å². The van der Waals surface area contributed by atoms with E-state index in [0.29, 0.717) is 6.07 Å². The predicted molar refractivity (Wildman–Crippen MR) is 117 cm³/mol. The fourth-order valence-electron chi connectivity index (χ4n) is 3.00. The van der Waals surface area contributed by atoms with Gasteiger partial charge in [0.1, 0.15) is 6.54 Å². The molecule has 0 saturated heterocycles. The molecule has 3 rings (SSSR count). The van der Waals surface area contributed by atoms with Gasteiger partial charge in [0.25, 0.3) is 10.0 Å². The van der Waals surface area contributed by atoms with Crippen molar-refractivity contribution < 1.29 is 26.4 Å². The summed E-state index contributed by atoms with van der Waals surface area (Å²) < 4.78 is 67.4. The number of nitrogens with one attached hydrogen (secondary N) is 1. The largest absolute Gasteiger partial charge is 0.418 e. The fraction of sp³-hybridized carbons (Fsp3) is 0.136. The van der Waals surface area contributed by atoms with Crippen LogP contribution in [0.3, 0.4) is 0 Å². The number of hydrogen-bond acceptors (Lipinski definition) is 3. The molecular formula is C22H18ClF3N2O3S. The summed E-state index contributed by atoms with van der Waals surface area (Å²) in [7, 11) is -4.17. The van der Waals surface area contributed by atoms with Crippen molar-refractivity contribution >= 4 is 38.9 Å². The highest BCUT2D eigenvalue weighted by Crippen LogP contribution is 2.36. The molecule has 0 atom stereocenters. The average Bonchev–Trinajstić information content (AvgIpc) is 2.73. The van der Waals surface area contributed by atoms with Crippen molar-refractivity contribution in [2.75, 3.05) is 16.2 Å². The van der Waals surface area contributed by atoms with Crippen molar-refractivity contribution in [2.45, 2.75) is 18.0 Å². The molecule has 0 heterocycles. The molecule has 0 spiro atoms. The van der Waals surface area contributed by atoms with Crippen LogP contribution < -0.4 is 9.62 Å². The van der Waals surface area contributed by atoms with Gasteiger partial charge in [0, 0.05) is 5.02 Å². The summed E-state index contributed by atoms with van der Waals surface area (Å²) in [5.74, 6) is -0.946. The number of nitrogens with zero attached hydrogens (tertiary/aromatic N) is 1. The van der Waals surface area contributed by atoms with Crippen molar-refractivity contribution in [2.24, 2.45) is 0 Å². The maximum Gasteiger partial charge on any atom is 0.418 e. The maximum atomic E-state index is 13.3. The van der Waals surface area contributed by atoms with Crippen molar-refractivity contribution in [3.8, 4) is 0 Å². The molecule has 5 nitrogen and oxygen atoms in total. The van der Waals surface area contributed by atoms with E-state index in [1.165, 1.54) is 36.4 Å². The van der Waals surface area contributed by atoms with Gasteiger partial charge >= 0.3 is 6.18 Å². The Bertz CT molecular complexity index is 1230. The normalized spacial score (nSPS) is 11.8. The molecule has 0 radical (unpaired) electrons. The van der Waals surface area contributed by atoms with Crippen LogP contribution in [0, 0.1) is 6.92 Å². The second-order valence-corrected chi connectivity index (χ2v) is 9.20.